The molecule has 7 heteroatoms. The summed E-state index contributed by atoms with van der Waals surface area (Å²) in [5, 5.41) is 16.1. The molecule has 7 nitrogen and oxygen atoms in total. The number of aromatic nitrogens is 1. The van der Waals surface area contributed by atoms with Gasteiger partial charge >= 0.3 is 6.03 Å². The number of carbonyl (C=O) groups is 2. The fraction of sp³-hybridized carbons (Fsp3) is 0.304. The lowest BCUT2D eigenvalue weighted by atomic mass is 10.1. The number of phenols is 1. The van der Waals surface area contributed by atoms with E-state index in [2.05, 4.69) is 10.6 Å². The van der Waals surface area contributed by atoms with Gasteiger partial charge < -0.3 is 25.2 Å². The van der Waals surface area contributed by atoms with Crippen molar-refractivity contribution < 1.29 is 14.7 Å². The Hall–Kier alpha value is -3.48. The summed E-state index contributed by atoms with van der Waals surface area (Å²) >= 11 is 0. The van der Waals surface area contributed by atoms with E-state index in [0.717, 1.165) is 29.3 Å². The Balaban J connectivity index is 1.54. The zero-order chi connectivity index (χ0) is 21.7. The van der Waals surface area contributed by atoms with Crippen molar-refractivity contribution in [2.75, 3.05) is 19.4 Å². The van der Waals surface area contributed by atoms with Gasteiger partial charge in [0.05, 0.1) is 0 Å². The monoisotopic (exact) mass is 408 g/mol. The molecule has 0 aliphatic rings. The van der Waals surface area contributed by atoms with Gasteiger partial charge in [-0.2, -0.15) is 0 Å². The fourth-order valence-electron chi connectivity index (χ4n) is 3.21. The summed E-state index contributed by atoms with van der Waals surface area (Å²) in [5.41, 5.74) is 2.76. The van der Waals surface area contributed by atoms with Gasteiger partial charge in [0.15, 0.2) is 0 Å². The Bertz CT molecular complexity index is 1020. The van der Waals surface area contributed by atoms with Gasteiger partial charge in [-0.05, 0) is 61.7 Å². The number of hydrogen-bond acceptors (Lipinski definition) is 3. The number of benzene rings is 2. The first kappa shape index (κ1) is 21.2. The van der Waals surface area contributed by atoms with Crippen LogP contribution in [0.2, 0.25) is 0 Å². The fourth-order valence-corrected chi connectivity index (χ4v) is 3.21. The highest BCUT2D eigenvalue weighted by molar-refractivity contribution is 5.93. The van der Waals surface area contributed by atoms with Crippen molar-refractivity contribution in [3.8, 4) is 5.75 Å². The van der Waals surface area contributed by atoms with E-state index in [1.54, 1.807) is 31.1 Å². The lowest BCUT2D eigenvalue weighted by molar-refractivity contribution is -0.129. The van der Waals surface area contributed by atoms with Crippen molar-refractivity contribution in [1.82, 2.24) is 14.8 Å². The van der Waals surface area contributed by atoms with E-state index >= 15 is 0 Å². The molecule has 1 aromatic heterocycles. The van der Waals surface area contributed by atoms with Crippen molar-refractivity contribution in [3.63, 3.8) is 0 Å². The number of nitrogens with zero attached hydrogens (tertiary/aromatic N) is 2. The lowest BCUT2D eigenvalue weighted by Crippen LogP contribution is -2.36. The molecule has 3 rings (SSSR count). The summed E-state index contributed by atoms with van der Waals surface area (Å²) in [5.74, 6) is 0.274. The van der Waals surface area contributed by atoms with Crippen molar-refractivity contribution in [2.45, 2.75) is 32.4 Å². The predicted molar refractivity (Wildman–Crippen MR) is 119 cm³/mol. The van der Waals surface area contributed by atoms with Crippen LogP contribution in [-0.2, 0) is 17.8 Å². The smallest absolute Gasteiger partial charge is 0.319 e. The van der Waals surface area contributed by atoms with E-state index in [1.165, 1.54) is 0 Å². The van der Waals surface area contributed by atoms with Crippen molar-refractivity contribution >= 4 is 28.5 Å². The number of amides is 3. The Kier molecular flexibility index (Phi) is 6.61. The molecule has 1 heterocycles. The third-order valence-electron chi connectivity index (χ3n) is 5.01. The molecular weight excluding hydrogens is 380 g/mol. The van der Waals surface area contributed by atoms with Crippen LogP contribution >= 0.6 is 0 Å². The van der Waals surface area contributed by atoms with Gasteiger partial charge in [0.25, 0.3) is 0 Å². The second kappa shape index (κ2) is 9.35. The molecule has 3 N–H and O–H groups in total. The van der Waals surface area contributed by atoms with Gasteiger partial charge in [-0.1, -0.05) is 12.1 Å². The first-order valence-corrected chi connectivity index (χ1v) is 9.96. The van der Waals surface area contributed by atoms with E-state index in [1.807, 2.05) is 54.1 Å². The summed E-state index contributed by atoms with van der Waals surface area (Å²) in [4.78, 5) is 25.9. The molecule has 0 spiro atoms. The SMILES string of the molecule is CC(CCc1ccc(O)cc1)NC(=O)Nc1ccc2c(ccn2CC(=O)N(C)C)c1. The molecule has 158 valence electrons. The minimum absolute atomic E-state index is 0.000614. The number of fused-ring (bicyclic) bond motifs is 1. The van der Waals surface area contributed by atoms with Gasteiger partial charge in [-0.15, -0.1) is 0 Å². The molecule has 30 heavy (non-hydrogen) atoms. The summed E-state index contributed by atoms with van der Waals surface area (Å²) in [6, 6.07) is 14.4. The molecule has 0 saturated carbocycles. The maximum absolute atomic E-state index is 12.3. The largest absolute Gasteiger partial charge is 0.508 e. The third-order valence-corrected chi connectivity index (χ3v) is 5.01. The average Bonchev–Trinajstić information content (AvgIpc) is 3.09. The Morgan fingerprint density at radius 2 is 1.83 bits per heavy atom. The van der Waals surface area contributed by atoms with Crippen molar-refractivity contribution in [1.29, 1.82) is 0 Å². The van der Waals surface area contributed by atoms with Crippen molar-refractivity contribution in [3.05, 3.63) is 60.3 Å². The number of hydrogen-bond donors (Lipinski definition) is 3. The number of nitrogens with one attached hydrogen (secondary N) is 2. The molecule has 0 fully saturated rings. The second-order valence-electron chi connectivity index (χ2n) is 7.71. The van der Waals surface area contributed by atoms with Crippen LogP contribution in [0.25, 0.3) is 10.9 Å². The summed E-state index contributed by atoms with van der Waals surface area (Å²) in [6.07, 6.45) is 3.48. The molecule has 0 aliphatic carbocycles. The summed E-state index contributed by atoms with van der Waals surface area (Å²) < 4.78 is 1.90. The Morgan fingerprint density at radius 3 is 2.53 bits per heavy atom. The minimum atomic E-state index is -0.255. The molecule has 2 aromatic carbocycles. The van der Waals surface area contributed by atoms with Crippen molar-refractivity contribution in [2.24, 2.45) is 0 Å². The van der Waals surface area contributed by atoms with Gasteiger partial charge in [0, 0.05) is 42.9 Å². The maximum Gasteiger partial charge on any atom is 0.319 e. The molecule has 1 atom stereocenters. The van der Waals surface area contributed by atoms with Crippen LogP contribution in [-0.4, -0.2) is 46.6 Å². The maximum atomic E-state index is 12.3. The van der Waals surface area contributed by atoms with Crippen LogP contribution in [0.5, 0.6) is 5.75 Å². The van der Waals surface area contributed by atoms with Gasteiger partial charge in [-0.25, -0.2) is 4.79 Å². The standard InChI is InChI=1S/C23H28N4O3/c1-16(4-5-17-6-9-20(28)10-7-17)24-23(30)25-19-8-11-21-18(14-19)12-13-27(21)15-22(29)26(2)3/h6-14,16,28H,4-5,15H2,1-3H3,(H2,24,25,30). The van der Waals surface area contributed by atoms with E-state index < -0.39 is 0 Å². The lowest BCUT2D eigenvalue weighted by Gasteiger charge is -2.15. The third kappa shape index (κ3) is 5.53. The number of anilines is 1. The highest BCUT2D eigenvalue weighted by Crippen LogP contribution is 2.21. The van der Waals surface area contributed by atoms with Crippen LogP contribution in [0.3, 0.4) is 0 Å². The van der Waals surface area contributed by atoms with Gasteiger partial charge in [0.2, 0.25) is 5.91 Å². The molecule has 3 amide bonds. The number of aryl methyl sites for hydroxylation is 1. The number of rotatable bonds is 7. The molecule has 0 saturated heterocycles. The molecule has 0 bridgehead atoms. The van der Waals surface area contributed by atoms with Crippen LogP contribution in [0, 0.1) is 0 Å². The van der Waals surface area contributed by atoms with Crippen LogP contribution in [0.15, 0.2) is 54.7 Å². The zero-order valence-corrected chi connectivity index (χ0v) is 17.6. The first-order valence-electron chi connectivity index (χ1n) is 9.96. The molecule has 1 unspecified atom stereocenters. The number of aromatic hydroxyl groups is 1. The van der Waals surface area contributed by atoms with E-state index in [-0.39, 0.29) is 30.3 Å². The number of likely N-dealkylation sites (N-methyl/N-ethyl adjacent to an activating group) is 1. The van der Waals surface area contributed by atoms with E-state index in [9.17, 15) is 14.7 Å². The topological polar surface area (TPSA) is 86.6 Å². The first-order chi connectivity index (χ1) is 14.3. The molecular formula is C23H28N4O3. The summed E-state index contributed by atoms with van der Waals surface area (Å²) in [6.45, 7) is 2.24. The highest BCUT2D eigenvalue weighted by atomic mass is 16.3. The highest BCUT2D eigenvalue weighted by Gasteiger charge is 2.11. The minimum Gasteiger partial charge on any atom is -0.508 e. The molecule has 0 radical (unpaired) electrons. The Morgan fingerprint density at radius 1 is 1.10 bits per heavy atom. The Labute approximate surface area is 176 Å². The van der Waals surface area contributed by atoms with Crippen LogP contribution in [0.1, 0.15) is 18.9 Å². The number of phenolic OH excluding ortho intramolecular Hbond substituents is 1. The van der Waals surface area contributed by atoms with E-state index in [4.69, 9.17) is 0 Å². The average molecular weight is 409 g/mol. The predicted octanol–water partition coefficient (Wildman–Crippen LogP) is 3.58. The quantitative estimate of drug-likeness (QED) is 0.558. The zero-order valence-electron chi connectivity index (χ0n) is 17.6. The number of carbonyl (C=O) groups excluding carboxylic acids is 2. The van der Waals surface area contributed by atoms with Crippen LogP contribution in [0.4, 0.5) is 10.5 Å². The molecule has 0 aliphatic heterocycles. The second-order valence-corrected chi connectivity index (χ2v) is 7.71. The summed E-state index contributed by atoms with van der Waals surface area (Å²) in [7, 11) is 3.47. The van der Waals surface area contributed by atoms with Crippen LogP contribution < -0.4 is 10.6 Å². The normalized spacial score (nSPS) is 11.8. The van der Waals surface area contributed by atoms with Gasteiger partial charge in [-0.3, -0.25) is 4.79 Å². The van der Waals surface area contributed by atoms with Gasteiger partial charge in [0.1, 0.15) is 12.3 Å². The molecule has 3 aromatic rings. The van der Waals surface area contributed by atoms with E-state index in [0.29, 0.717) is 5.69 Å². The number of urea groups is 1.